The van der Waals surface area contributed by atoms with E-state index in [-0.39, 0.29) is 25.6 Å². The Hall–Kier alpha value is -4.78. The molecule has 0 fully saturated rings. The number of hydrogen-bond acceptors (Lipinski definition) is 9. The molecule has 2 aromatic heterocycles. The number of fused-ring (bicyclic) bond motifs is 2. The van der Waals surface area contributed by atoms with E-state index in [1.54, 1.807) is 55.6 Å². The van der Waals surface area contributed by atoms with Crippen LogP contribution in [0.1, 0.15) is 22.3 Å². The van der Waals surface area contributed by atoms with Gasteiger partial charge in [0.2, 0.25) is 5.88 Å². The number of nitriles is 1. The lowest BCUT2D eigenvalue weighted by Crippen LogP contribution is -2.46. The lowest BCUT2D eigenvalue weighted by Gasteiger charge is -2.34. The molecule has 4 aromatic rings. The monoisotopic (exact) mass is 486 g/mol. The van der Waals surface area contributed by atoms with Crippen molar-refractivity contribution in [3.8, 4) is 23.4 Å². The van der Waals surface area contributed by atoms with Gasteiger partial charge in [0.15, 0.2) is 17.1 Å². The van der Waals surface area contributed by atoms with Gasteiger partial charge in [-0.1, -0.05) is 6.07 Å². The van der Waals surface area contributed by atoms with Crippen molar-refractivity contribution in [2.75, 3.05) is 19.1 Å². The quantitative estimate of drug-likeness (QED) is 0.412. The second-order valence-corrected chi connectivity index (χ2v) is 8.21. The van der Waals surface area contributed by atoms with Gasteiger partial charge in [-0.3, -0.25) is 0 Å². The van der Waals surface area contributed by atoms with Gasteiger partial charge in [0.1, 0.15) is 18.2 Å². The molecule has 0 radical (unpaired) electrons. The van der Waals surface area contributed by atoms with E-state index in [0.29, 0.717) is 34.0 Å². The molecular weight excluding hydrogens is 464 g/mol. The minimum atomic E-state index is -1.02. The van der Waals surface area contributed by atoms with Crippen molar-refractivity contribution in [3.05, 3.63) is 70.9 Å². The molecule has 2 aromatic carbocycles. The molecule has 182 valence electrons. The van der Waals surface area contributed by atoms with E-state index in [1.807, 2.05) is 12.1 Å². The first-order valence-corrected chi connectivity index (χ1v) is 11.1. The fourth-order valence-electron chi connectivity index (χ4n) is 4.23. The SMILES string of the molecule is COc1ccc(COc2c(OC)ccc3c2CC(C(=O)O)N(c2nc4ccc(C#N)cc4o2)C3)cn1. The van der Waals surface area contributed by atoms with Crippen LogP contribution in [-0.4, -0.2) is 41.3 Å². The Morgan fingerprint density at radius 2 is 2.08 bits per heavy atom. The zero-order valence-electron chi connectivity index (χ0n) is 19.6. The molecule has 0 amide bonds. The number of carbonyl (C=O) groups is 1. The Labute approximate surface area is 206 Å². The summed E-state index contributed by atoms with van der Waals surface area (Å²) in [5.74, 6) is 0.487. The van der Waals surface area contributed by atoms with Crippen molar-refractivity contribution in [1.82, 2.24) is 9.97 Å². The van der Waals surface area contributed by atoms with E-state index in [1.165, 1.54) is 0 Å². The van der Waals surface area contributed by atoms with Crippen LogP contribution in [0.15, 0.2) is 53.1 Å². The summed E-state index contributed by atoms with van der Waals surface area (Å²) in [6.45, 7) is 0.465. The van der Waals surface area contributed by atoms with Crippen molar-refractivity contribution < 1.29 is 28.5 Å². The highest BCUT2D eigenvalue weighted by molar-refractivity contribution is 5.81. The van der Waals surface area contributed by atoms with Gasteiger partial charge in [0.25, 0.3) is 6.01 Å². The summed E-state index contributed by atoms with van der Waals surface area (Å²) in [6, 6.07) is 13.5. The van der Waals surface area contributed by atoms with Crippen molar-refractivity contribution in [2.24, 2.45) is 0 Å². The molecule has 1 N–H and O–H groups in total. The summed E-state index contributed by atoms with van der Waals surface area (Å²) in [5, 5.41) is 19.2. The summed E-state index contributed by atoms with van der Waals surface area (Å²) >= 11 is 0. The van der Waals surface area contributed by atoms with Crippen LogP contribution in [0.25, 0.3) is 11.1 Å². The van der Waals surface area contributed by atoms with E-state index in [0.717, 1.165) is 16.7 Å². The van der Waals surface area contributed by atoms with Crippen molar-refractivity contribution in [1.29, 1.82) is 5.26 Å². The zero-order valence-corrected chi connectivity index (χ0v) is 19.6. The van der Waals surface area contributed by atoms with Crippen LogP contribution in [0.3, 0.4) is 0 Å². The van der Waals surface area contributed by atoms with Crippen molar-refractivity contribution in [3.63, 3.8) is 0 Å². The predicted molar refractivity (Wildman–Crippen MR) is 128 cm³/mol. The highest BCUT2D eigenvalue weighted by atomic mass is 16.5. The van der Waals surface area contributed by atoms with Crippen LogP contribution in [0.2, 0.25) is 0 Å². The number of rotatable bonds is 7. The summed E-state index contributed by atoms with van der Waals surface area (Å²) in [7, 11) is 3.09. The summed E-state index contributed by atoms with van der Waals surface area (Å²) < 4.78 is 22.6. The molecular formula is C26H22N4O6. The molecule has 10 heteroatoms. The Morgan fingerprint density at radius 1 is 1.22 bits per heavy atom. The summed E-state index contributed by atoms with van der Waals surface area (Å²) in [5.41, 5.74) is 3.85. The number of carboxylic acid groups (broad SMARTS) is 1. The first kappa shape index (κ1) is 23.0. The smallest absolute Gasteiger partial charge is 0.326 e. The number of aliphatic carboxylic acids is 1. The molecule has 10 nitrogen and oxygen atoms in total. The Bertz CT molecular complexity index is 1470. The number of ether oxygens (including phenoxy) is 3. The van der Waals surface area contributed by atoms with Gasteiger partial charge >= 0.3 is 5.97 Å². The molecule has 0 saturated heterocycles. The van der Waals surface area contributed by atoms with Gasteiger partial charge in [0, 0.05) is 42.4 Å². The number of benzene rings is 2. The number of carboxylic acids is 1. The Balaban J connectivity index is 1.48. The predicted octanol–water partition coefficient (Wildman–Crippen LogP) is 3.71. The third kappa shape index (κ3) is 4.22. The Morgan fingerprint density at radius 3 is 2.78 bits per heavy atom. The summed E-state index contributed by atoms with van der Waals surface area (Å²) in [4.78, 5) is 22.6. The number of pyridine rings is 1. The average molecular weight is 486 g/mol. The molecule has 1 unspecified atom stereocenters. The van der Waals surface area contributed by atoms with Gasteiger partial charge in [-0.25, -0.2) is 9.78 Å². The maximum absolute atomic E-state index is 12.3. The maximum Gasteiger partial charge on any atom is 0.326 e. The van der Waals surface area contributed by atoms with Crippen LogP contribution >= 0.6 is 0 Å². The van der Waals surface area contributed by atoms with Crippen LogP contribution < -0.4 is 19.1 Å². The van der Waals surface area contributed by atoms with E-state index in [2.05, 4.69) is 16.0 Å². The molecule has 0 bridgehead atoms. The van der Waals surface area contributed by atoms with Gasteiger partial charge in [0.05, 0.1) is 25.9 Å². The topological polar surface area (TPSA) is 131 Å². The molecule has 0 aliphatic carbocycles. The van der Waals surface area contributed by atoms with Gasteiger partial charge in [-0.05, 0) is 29.8 Å². The molecule has 0 spiro atoms. The molecule has 1 aliphatic heterocycles. The lowest BCUT2D eigenvalue weighted by atomic mass is 9.93. The zero-order chi connectivity index (χ0) is 25.2. The minimum Gasteiger partial charge on any atom is -0.493 e. The second-order valence-electron chi connectivity index (χ2n) is 8.21. The molecule has 3 heterocycles. The van der Waals surface area contributed by atoms with E-state index >= 15 is 0 Å². The first-order valence-electron chi connectivity index (χ1n) is 11.1. The number of oxazole rings is 1. The second kappa shape index (κ2) is 9.46. The number of hydrogen-bond donors (Lipinski definition) is 1. The Kier molecular flexibility index (Phi) is 6.04. The average Bonchev–Trinajstić information content (AvgIpc) is 3.34. The van der Waals surface area contributed by atoms with Crippen LogP contribution in [0.5, 0.6) is 17.4 Å². The van der Waals surface area contributed by atoms with E-state index in [4.69, 9.17) is 23.9 Å². The van der Waals surface area contributed by atoms with E-state index < -0.39 is 12.0 Å². The maximum atomic E-state index is 12.3. The number of methoxy groups -OCH3 is 2. The molecule has 0 saturated carbocycles. The number of nitrogens with zero attached hydrogens (tertiary/aromatic N) is 4. The molecule has 1 atom stereocenters. The highest BCUT2D eigenvalue weighted by Crippen LogP contribution is 2.40. The third-order valence-corrected chi connectivity index (χ3v) is 6.08. The molecule has 5 rings (SSSR count). The fourth-order valence-corrected chi connectivity index (χ4v) is 4.23. The standard InChI is InChI=1S/C26H22N4O6/c1-33-21-7-5-17-13-30(26-29-19-6-3-15(11-27)9-22(19)36-26)20(25(31)32)10-18(17)24(21)35-14-16-4-8-23(34-2)28-12-16/h3-9,12,20H,10,13-14H2,1-2H3,(H,31,32). The normalized spacial score (nSPS) is 14.7. The van der Waals surface area contributed by atoms with Crippen LogP contribution in [0, 0.1) is 11.3 Å². The van der Waals surface area contributed by atoms with E-state index in [9.17, 15) is 9.90 Å². The van der Waals surface area contributed by atoms with Crippen LogP contribution in [-0.2, 0) is 24.4 Å². The third-order valence-electron chi connectivity index (χ3n) is 6.08. The van der Waals surface area contributed by atoms with Crippen LogP contribution in [0.4, 0.5) is 6.01 Å². The minimum absolute atomic E-state index is 0.153. The molecule has 36 heavy (non-hydrogen) atoms. The van der Waals surface area contributed by atoms with Gasteiger partial charge in [-0.2, -0.15) is 10.2 Å². The van der Waals surface area contributed by atoms with Crippen molar-refractivity contribution >= 4 is 23.1 Å². The summed E-state index contributed by atoms with van der Waals surface area (Å²) in [6.07, 6.45) is 1.81. The largest absolute Gasteiger partial charge is 0.493 e. The first-order chi connectivity index (χ1) is 17.5. The van der Waals surface area contributed by atoms with Gasteiger partial charge in [-0.15, -0.1) is 0 Å². The highest BCUT2D eigenvalue weighted by Gasteiger charge is 2.36. The van der Waals surface area contributed by atoms with Crippen molar-refractivity contribution in [2.45, 2.75) is 25.6 Å². The fraction of sp³-hybridized carbons (Fsp3) is 0.231. The number of anilines is 1. The lowest BCUT2D eigenvalue weighted by molar-refractivity contribution is -0.138. The number of aromatic nitrogens is 2. The van der Waals surface area contributed by atoms with Gasteiger partial charge < -0.3 is 28.6 Å². The molecule has 1 aliphatic rings.